The van der Waals surface area contributed by atoms with Gasteiger partial charge in [0.15, 0.2) is 5.78 Å². The number of hydrogen-bond acceptors (Lipinski definition) is 3. The Morgan fingerprint density at radius 1 is 1.04 bits per heavy atom. The zero-order chi connectivity index (χ0) is 18.7. The number of nitrogens with zero attached hydrogens (tertiary/aromatic N) is 2. The van der Waals surface area contributed by atoms with Crippen molar-refractivity contribution in [2.24, 2.45) is 5.73 Å². The van der Waals surface area contributed by atoms with Gasteiger partial charge in [-0.3, -0.25) is 9.69 Å². The number of hydrogen-bond donors (Lipinski definition) is 1. The van der Waals surface area contributed by atoms with Crippen molar-refractivity contribution in [3.63, 3.8) is 0 Å². The molecule has 136 valence electrons. The Labute approximate surface area is 158 Å². The molecule has 2 N–H and O–H groups in total. The van der Waals surface area contributed by atoms with Crippen molar-refractivity contribution in [2.75, 3.05) is 26.2 Å². The topological polar surface area (TPSA) is 66.6 Å². The summed E-state index contributed by atoms with van der Waals surface area (Å²) in [4.78, 5) is 27.6. The summed E-state index contributed by atoms with van der Waals surface area (Å²) >= 11 is 6.45. The molecule has 2 aromatic rings. The van der Waals surface area contributed by atoms with Gasteiger partial charge >= 0.3 is 6.03 Å². The van der Waals surface area contributed by atoms with E-state index in [1.165, 1.54) is 0 Å². The third-order valence-electron chi connectivity index (χ3n) is 4.73. The summed E-state index contributed by atoms with van der Waals surface area (Å²) in [5, 5.41) is 0.573. The number of halogens is 1. The Morgan fingerprint density at radius 2 is 1.69 bits per heavy atom. The SMILES string of the molecule is CC(=O)c1c(CN2CCN(C(N)=O)CC2)ccc(Cl)c1-c1ccccc1. The normalized spacial score (nSPS) is 15.1. The van der Waals surface area contributed by atoms with Crippen LogP contribution in [0.2, 0.25) is 5.02 Å². The summed E-state index contributed by atoms with van der Waals surface area (Å²) < 4.78 is 0. The molecule has 0 aromatic heterocycles. The van der Waals surface area contributed by atoms with Crippen molar-refractivity contribution in [3.05, 3.63) is 58.6 Å². The van der Waals surface area contributed by atoms with E-state index in [9.17, 15) is 9.59 Å². The lowest BCUT2D eigenvalue weighted by Gasteiger charge is -2.34. The second-order valence-corrected chi connectivity index (χ2v) is 6.89. The number of primary amides is 1. The van der Waals surface area contributed by atoms with Crippen molar-refractivity contribution in [1.82, 2.24) is 9.80 Å². The fourth-order valence-electron chi connectivity index (χ4n) is 3.41. The predicted molar refractivity (Wildman–Crippen MR) is 103 cm³/mol. The summed E-state index contributed by atoms with van der Waals surface area (Å²) in [7, 11) is 0. The molecular formula is C20H22ClN3O2. The number of carbonyl (C=O) groups excluding carboxylic acids is 2. The Morgan fingerprint density at radius 3 is 2.27 bits per heavy atom. The molecule has 0 unspecified atom stereocenters. The minimum atomic E-state index is -0.382. The van der Waals surface area contributed by atoms with Gasteiger partial charge in [0.2, 0.25) is 0 Å². The van der Waals surface area contributed by atoms with E-state index in [1.807, 2.05) is 42.5 Å². The monoisotopic (exact) mass is 371 g/mol. The zero-order valence-corrected chi connectivity index (χ0v) is 15.5. The van der Waals surface area contributed by atoms with Crippen molar-refractivity contribution in [1.29, 1.82) is 0 Å². The highest BCUT2D eigenvalue weighted by molar-refractivity contribution is 6.34. The van der Waals surface area contributed by atoms with Crippen LogP contribution in [0.25, 0.3) is 11.1 Å². The van der Waals surface area contributed by atoms with E-state index in [0.29, 0.717) is 30.2 Å². The van der Waals surface area contributed by atoms with Gasteiger partial charge in [-0.15, -0.1) is 0 Å². The molecule has 5 nitrogen and oxygen atoms in total. The number of urea groups is 1. The van der Waals surface area contributed by atoms with Gasteiger partial charge in [0.1, 0.15) is 0 Å². The Kier molecular flexibility index (Phi) is 5.59. The highest BCUT2D eigenvalue weighted by Gasteiger charge is 2.23. The fraction of sp³-hybridized carbons (Fsp3) is 0.300. The summed E-state index contributed by atoms with van der Waals surface area (Å²) in [6.45, 7) is 4.87. The third-order valence-corrected chi connectivity index (χ3v) is 5.05. The first kappa shape index (κ1) is 18.4. The molecule has 0 spiro atoms. The molecule has 0 aliphatic carbocycles. The minimum Gasteiger partial charge on any atom is -0.351 e. The van der Waals surface area contributed by atoms with Gasteiger partial charge in [-0.1, -0.05) is 48.0 Å². The van der Waals surface area contributed by atoms with Crippen LogP contribution >= 0.6 is 11.6 Å². The van der Waals surface area contributed by atoms with E-state index in [-0.39, 0.29) is 11.8 Å². The van der Waals surface area contributed by atoms with Gasteiger partial charge in [-0.25, -0.2) is 4.79 Å². The van der Waals surface area contributed by atoms with Crippen LogP contribution < -0.4 is 5.73 Å². The lowest BCUT2D eigenvalue weighted by molar-refractivity contribution is 0.101. The number of amides is 2. The van der Waals surface area contributed by atoms with Crippen molar-refractivity contribution in [3.8, 4) is 11.1 Å². The van der Waals surface area contributed by atoms with Gasteiger partial charge in [0, 0.05) is 48.9 Å². The molecule has 0 radical (unpaired) electrons. The lowest BCUT2D eigenvalue weighted by Crippen LogP contribution is -2.50. The van der Waals surface area contributed by atoms with E-state index in [0.717, 1.165) is 29.8 Å². The first-order valence-corrected chi connectivity index (χ1v) is 8.99. The molecule has 0 atom stereocenters. The van der Waals surface area contributed by atoms with Crippen LogP contribution in [0.1, 0.15) is 22.8 Å². The van der Waals surface area contributed by atoms with E-state index in [1.54, 1.807) is 11.8 Å². The smallest absolute Gasteiger partial charge is 0.314 e. The number of Topliss-reactive ketones (excluding diaryl/α,β-unsaturated/α-hetero) is 1. The molecule has 1 fully saturated rings. The number of nitrogens with two attached hydrogens (primary N) is 1. The number of benzene rings is 2. The number of piperazine rings is 1. The van der Waals surface area contributed by atoms with Crippen LogP contribution in [0.4, 0.5) is 4.79 Å². The largest absolute Gasteiger partial charge is 0.351 e. The molecule has 1 aliphatic rings. The standard InChI is InChI=1S/C20H22ClN3O2/c1-14(25)18-16(13-23-9-11-24(12-10-23)20(22)26)7-8-17(21)19(18)15-5-3-2-4-6-15/h2-8H,9-13H2,1H3,(H2,22,26). The van der Waals surface area contributed by atoms with Crippen LogP contribution in [0.3, 0.4) is 0 Å². The number of carbonyl (C=O) groups is 2. The average Bonchev–Trinajstić information content (AvgIpc) is 2.63. The van der Waals surface area contributed by atoms with E-state index >= 15 is 0 Å². The summed E-state index contributed by atoms with van der Waals surface area (Å²) in [5.41, 5.74) is 8.68. The second kappa shape index (κ2) is 7.89. The molecule has 1 aliphatic heterocycles. The maximum Gasteiger partial charge on any atom is 0.314 e. The number of rotatable bonds is 4. The van der Waals surface area contributed by atoms with Crippen LogP contribution in [-0.4, -0.2) is 47.8 Å². The second-order valence-electron chi connectivity index (χ2n) is 6.48. The zero-order valence-electron chi connectivity index (χ0n) is 14.7. The first-order valence-electron chi connectivity index (χ1n) is 8.62. The van der Waals surface area contributed by atoms with Crippen LogP contribution in [0.15, 0.2) is 42.5 Å². The number of ketones is 1. The van der Waals surface area contributed by atoms with Gasteiger partial charge in [-0.05, 0) is 24.1 Å². The first-order chi connectivity index (χ1) is 12.5. The van der Waals surface area contributed by atoms with E-state index < -0.39 is 0 Å². The summed E-state index contributed by atoms with van der Waals surface area (Å²) in [6.07, 6.45) is 0. The quantitative estimate of drug-likeness (QED) is 0.837. The summed E-state index contributed by atoms with van der Waals surface area (Å²) in [6, 6.07) is 13.1. The van der Waals surface area contributed by atoms with Crippen LogP contribution in [-0.2, 0) is 6.54 Å². The molecule has 3 rings (SSSR count). The molecule has 1 saturated heterocycles. The molecule has 6 heteroatoms. The molecule has 26 heavy (non-hydrogen) atoms. The predicted octanol–water partition coefficient (Wildman–Crippen LogP) is 3.41. The lowest BCUT2D eigenvalue weighted by atomic mass is 9.92. The Balaban J connectivity index is 1.91. The molecule has 0 saturated carbocycles. The molecule has 0 bridgehead atoms. The molecule has 2 amide bonds. The van der Waals surface area contributed by atoms with Gasteiger partial charge < -0.3 is 10.6 Å². The molecular weight excluding hydrogens is 350 g/mol. The van der Waals surface area contributed by atoms with Crippen molar-refractivity contribution < 1.29 is 9.59 Å². The van der Waals surface area contributed by atoms with Crippen LogP contribution in [0.5, 0.6) is 0 Å². The van der Waals surface area contributed by atoms with Gasteiger partial charge in [0.25, 0.3) is 0 Å². The van der Waals surface area contributed by atoms with Gasteiger partial charge in [-0.2, -0.15) is 0 Å². The highest BCUT2D eigenvalue weighted by atomic mass is 35.5. The van der Waals surface area contributed by atoms with Crippen molar-refractivity contribution >= 4 is 23.4 Å². The Bertz CT molecular complexity index is 815. The molecule has 1 heterocycles. The maximum atomic E-state index is 12.4. The molecule has 2 aromatic carbocycles. The highest BCUT2D eigenvalue weighted by Crippen LogP contribution is 2.34. The van der Waals surface area contributed by atoms with E-state index in [2.05, 4.69) is 4.90 Å². The maximum absolute atomic E-state index is 12.4. The van der Waals surface area contributed by atoms with Crippen LogP contribution in [0, 0.1) is 0 Å². The fourth-order valence-corrected chi connectivity index (χ4v) is 3.68. The summed E-state index contributed by atoms with van der Waals surface area (Å²) in [5.74, 6) is -0.00266. The minimum absolute atomic E-state index is 0.00266. The van der Waals surface area contributed by atoms with E-state index in [4.69, 9.17) is 17.3 Å². The Hall–Kier alpha value is -2.37. The van der Waals surface area contributed by atoms with Crippen molar-refractivity contribution in [2.45, 2.75) is 13.5 Å². The average molecular weight is 372 g/mol. The third kappa shape index (κ3) is 3.89. The van der Waals surface area contributed by atoms with Gasteiger partial charge in [0.05, 0.1) is 0 Å².